The number of amides is 2. The summed E-state index contributed by atoms with van der Waals surface area (Å²) in [5, 5.41) is 4.17. The lowest BCUT2D eigenvalue weighted by molar-refractivity contribution is -0.133. The Morgan fingerprint density at radius 1 is 1.06 bits per heavy atom. The first kappa shape index (κ1) is 35.7. The predicted molar refractivity (Wildman–Crippen MR) is 201 cm³/mol. The summed E-state index contributed by atoms with van der Waals surface area (Å²) in [6.07, 6.45) is 10.5. The number of carbonyl (C=O) groups excluding carboxylic acids is 2. The lowest BCUT2D eigenvalue weighted by Gasteiger charge is -2.34. The van der Waals surface area contributed by atoms with Gasteiger partial charge in [0.1, 0.15) is 5.69 Å². The van der Waals surface area contributed by atoms with E-state index >= 15 is 0 Å². The van der Waals surface area contributed by atoms with Crippen molar-refractivity contribution in [3.8, 4) is 11.4 Å². The molecule has 260 valence electrons. The molecular weight excluding hydrogens is 619 g/mol. The number of benzene rings is 2. The van der Waals surface area contributed by atoms with E-state index in [-0.39, 0.29) is 17.2 Å². The fourth-order valence-electron chi connectivity index (χ4n) is 7.04. The lowest BCUT2D eigenvalue weighted by atomic mass is 9.86. The average molecular weight is 673 g/mol. The number of rotatable bonds is 9. The first-order valence-electron chi connectivity index (χ1n) is 17.3. The molecule has 8 nitrogen and oxygen atoms in total. The van der Waals surface area contributed by atoms with Crippen LogP contribution in [0.2, 0.25) is 0 Å². The molecule has 0 spiro atoms. The fraction of sp³-hybridized carbons (Fsp3) is 0.513. The van der Waals surface area contributed by atoms with Crippen LogP contribution in [0.15, 0.2) is 48.0 Å². The lowest BCUT2D eigenvalue weighted by Crippen LogP contribution is -2.45. The van der Waals surface area contributed by atoms with Gasteiger partial charge < -0.3 is 40.4 Å². The van der Waals surface area contributed by atoms with Gasteiger partial charge in [0.05, 0.1) is 30.5 Å². The highest BCUT2D eigenvalue weighted by atomic mass is 32.2. The van der Waals surface area contributed by atoms with E-state index in [4.69, 9.17) is 10.4 Å². The van der Waals surface area contributed by atoms with Gasteiger partial charge >= 0.3 is 0 Å². The minimum Gasteiger partial charge on any atom is -0.492 e. The number of carbonyl (C=O) groups is 2. The maximum absolute atomic E-state index is 13.8. The van der Waals surface area contributed by atoms with Crippen LogP contribution in [0.25, 0.3) is 10.9 Å². The van der Waals surface area contributed by atoms with Gasteiger partial charge in [0.2, 0.25) is 5.91 Å². The summed E-state index contributed by atoms with van der Waals surface area (Å²) in [4.78, 5) is 31.3. The molecule has 5 rings (SSSR count). The molecule has 1 aromatic heterocycles. The molecule has 2 aliphatic rings. The van der Waals surface area contributed by atoms with Crippen LogP contribution in [-0.4, -0.2) is 72.3 Å². The number of nitrogens with zero attached hydrogens (tertiary/aromatic N) is 3. The third-order valence-corrected chi connectivity index (χ3v) is 10.6. The van der Waals surface area contributed by atoms with Crippen molar-refractivity contribution in [2.75, 3.05) is 56.1 Å². The van der Waals surface area contributed by atoms with E-state index in [9.17, 15) is 9.59 Å². The summed E-state index contributed by atoms with van der Waals surface area (Å²) < 4.78 is 11.1. The van der Waals surface area contributed by atoms with Gasteiger partial charge in [-0.15, -0.1) is 6.26 Å². The number of anilines is 2. The highest BCUT2D eigenvalue weighted by molar-refractivity contribution is 7.86. The predicted octanol–water partition coefficient (Wildman–Crippen LogP) is 7.11. The molecule has 2 aromatic carbocycles. The molecule has 3 aromatic rings. The monoisotopic (exact) mass is 672 g/mol. The van der Waals surface area contributed by atoms with E-state index in [1.807, 2.05) is 41.0 Å². The molecule has 48 heavy (non-hydrogen) atoms. The van der Waals surface area contributed by atoms with E-state index in [0.29, 0.717) is 23.7 Å². The van der Waals surface area contributed by atoms with Crippen molar-refractivity contribution in [3.63, 3.8) is 0 Å². The minimum absolute atomic E-state index is 0.149. The number of nitrogens with one attached hydrogen (secondary N) is 2. The molecule has 3 heterocycles. The van der Waals surface area contributed by atoms with Gasteiger partial charge in [0, 0.05) is 25.5 Å². The Labute approximate surface area is 289 Å². The van der Waals surface area contributed by atoms with Gasteiger partial charge in [0.15, 0.2) is 5.75 Å². The van der Waals surface area contributed by atoms with Gasteiger partial charge in [-0.2, -0.15) is 0 Å². The Kier molecular flexibility index (Phi) is 11.3. The van der Waals surface area contributed by atoms with Crippen molar-refractivity contribution in [1.29, 1.82) is 0 Å². The molecule has 2 saturated heterocycles. The molecule has 2 amide bonds. The van der Waals surface area contributed by atoms with E-state index in [1.165, 1.54) is 30.4 Å². The van der Waals surface area contributed by atoms with Crippen molar-refractivity contribution in [2.45, 2.75) is 71.6 Å². The Morgan fingerprint density at radius 3 is 2.38 bits per heavy atom. The molecular formula is C39H54N5O3S-. The SMILES string of the molecule is C#[S-](C)Nc1cc(C(C)(C)C)cc(NC(=O)c2cc3cccc(CC=C4CCN(C(=O)CN5CCC(CC)CC5)CC4)c3n2C)c1OC. The van der Waals surface area contributed by atoms with Crippen LogP contribution in [0.3, 0.4) is 0 Å². The van der Waals surface area contributed by atoms with Gasteiger partial charge in [-0.05, 0) is 85.9 Å². The van der Waals surface area contributed by atoms with Crippen LogP contribution in [-0.2, 0) is 34.2 Å². The van der Waals surface area contributed by atoms with E-state index in [0.717, 1.165) is 73.5 Å². The first-order valence-corrected chi connectivity index (χ1v) is 19.0. The number of hydrogen-bond acceptors (Lipinski definition) is 6. The Balaban J connectivity index is 1.28. The Bertz CT molecular complexity index is 1740. The first-order chi connectivity index (χ1) is 22.9. The highest BCUT2D eigenvalue weighted by Gasteiger charge is 2.25. The van der Waals surface area contributed by atoms with Gasteiger partial charge in [-0.1, -0.05) is 64.0 Å². The molecule has 0 saturated carbocycles. The normalized spacial score (nSPS) is 16.4. The van der Waals surface area contributed by atoms with Crippen LogP contribution < -0.4 is 14.8 Å². The molecule has 0 unspecified atom stereocenters. The fourth-order valence-corrected chi connectivity index (χ4v) is 7.54. The molecule has 2 N–H and O–H groups in total. The maximum Gasteiger partial charge on any atom is 0.272 e. The molecule has 2 aliphatic heterocycles. The van der Waals surface area contributed by atoms with Crippen molar-refractivity contribution in [2.24, 2.45) is 13.0 Å². The second-order valence-corrected chi connectivity index (χ2v) is 15.8. The number of aromatic nitrogens is 1. The molecule has 9 heteroatoms. The van der Waals surface area contributed by atoms with Crippen LogP contribution in [0, 0.1) is 11.6 Å². The highest BCUT2D eigenvalue weighted by Crippen LogP contribution is 2.39. The van der Waals surface area contributed by atoms with Crippen molar-refractivity contribution in [1.82, 2.24) is 14.4 Å². The van der Waals surface area contributed by atoms with Gasteiger partial charge in [-0.3, -0.25) is 14.5 Å². The topological polar surface area (TPSA) is 78.8 Å². The number of piperidine rings is 2. The van der Waals surface area contributed by atoms with E-state index in [2.05, 4.69) is 66.9 Å². The van der Waals surface area contributed by atoms with Gasteiger partial charge in [0.25, 0.3) is 5.91 Å². The second kappa shape index (κ2) is 15.3. The largest absolute Gasteiger partial charge is 0.492 e. The van der Waals surface area contributed by atoms with Crippen LogP contribution >= 0.6 is 0 Å². The molecule has 2 fully saturated rings. The minimum atomic E-state index is -0.569. The summed E-state index contributed by atoms with van der Waals surface area (Å²) in [7, 11) is 2.99. The zero-order chi connectivity index (χ0) is 34.6. The smallest absolute Gasteiger partial charge is 0.272 e. The van der Waals surface area contributed by atoms with E-state index < -0.39 is 10.5 Å². The second-order valence-electron chi connectivity index (χ2n) is 14.5. The van der Waals surface area contributed by atoms with E-state index in [1.54, 1.807) is 7.11 Å². The quantitative estimate of drug-likeness (QED) is 0.187. The number of fused-ring (bicyclic) bond motifs is 1. The zero-order valence-corrected chi connectivity index (χ0v) is 30.8. The Morgan fingerprint density at radius 2 is 1.75 bits per heavy atom. The Hall–Kier alpha value is -3.65. The molecule has 0 radical (unpaired) electrons. The number of para-hydroxylation sites is 1. The molecule has 0 bridgehead atoms. The summed E-state index contributed by atoms with van der Waals surface area (Å²) >= 11 is 0. The summed E-state index contributed by atoms with van der Waals surface area (Å²) in [5.74, 6) is 1.44. The standard InChI is InChI=1S/C39H54N5O3S/c1-9-27-15-19-43(20-16-27)26-35(45)44-21-17-28(18-22-44)13-14-29-11-10-12-30-23-34(42(5)36(29)30)38(46)40-32-24-31(39(2,3)4)25-33(37(32)47-6)41-48(7)8/h7,10-13,23-25,27,41H,9,14-22,26H2,1-6,8H3,(H,40,46)/q-1. The average Bonchev–Trinajstić information content (AvgIpc) is 3.40. The summed E-state index contributed by atoms with van der Waals surface area (Å²) in [6.45, 7) is 12.9. The van der Waals surface area contributed by atoms with Crippen molar-refractivity contribution < 1.29 is 14.3 Å². The summed E-state index contributed by atoms with van der Waals surface area (Å²) in [5.41, 5.74) is 12.6. The molecule has 0 atom stereocenters. The number of methoxy groups -OCH3 is 1. The van der Waals surface area contributed by atoms with Crippen LogP contribution in [0.1, 0.15) is 81.4 Å². The summed E-state index contributed by atoms with van der Waals surface area (Å²) in [6, 6.07) is 12.2. The van der Waals surface area contributed by atoms with Crippen molar-refractivity contribution in [3.05, 3.63) is 64.9 Å². The third-order valence-electron chi connectivity index (χ3n) is 10.1. The number of ether oxygens (including phenoxy) is 1. The number of aryl methyl sites for hydroxylation is 1. The maximum atomic E-state index is 13.8. The number of allylic oxidation sites excluding steroid dienone is 1. The zero-order valence-electron chi connectivity index (χ0n) is 29.9. The van der Waals surface area contributed by atoms with Gasteiger partial charge in [-0.25, -0.2) is 0 Å². The molecule has 0 aliphatic carbocycles. The third kappa shape index (κ3) is 8.31. The van der Waals surface area contributed by atoms with Crippen LogP contribution in [0.5, 0.6) is 5.75 Å². The van der Waals surface area contributed by atoms with Crippen LogP contribution in [0.4, 0.5) is 11.4 Å². The van der Waals surface area contributed by atoms with Crippen molar-refractivity contribution >= 4 is 44.6 Å². The number of likely N-dealkylation sites (tertiary alicyclic amines) is 2. The number of hydrogen-bond donors (Lipinski definition) is 2.